The first-order valence-corrected chi connectivity index (χ1v) is 10.2. The highest BCUT2D eigenvalue weighted by Crippen LogP contribution is 2.31. The van der Waals surface area contributed by atoms with E-state index >= 15 is 0 Å². The van der Waals surface area contributed by atoms with Gasteiger partial charge in [-0.2, -0.15) is 4.39 Å². The molecule has 13 heteroatoms. The molecule has 0 saturated carbocycles. The summed E-state index contributed by atoms with van der Waals surface area (Å²) >= 11 is 0. The molecule has 34 heavy (non-hydrogen) atoms. The second kappa shape index (κ2) is 9.38. The van der Waals surface area contributed by atoms with Crippen molar-refractivity contribution in [1.29, 1.82) is 0 Å². The minimum Gasteiger partial charge on any atom is -0.388 e. The number of aliphatic hydroxyl groups excluding tert-OH is 1. The molecule has 176 valence electrons. The molecule has 3 aromatic rings. The van der Waals surface area contributed by atoms with Crippen molar-refractivity contribution in [2.45, 2.75) is 24.9 Å². The standard InChI is InChI=1S/C21H21FN8O4/c1-24-19(32)13-8-12(31)21(34-13)30-10-26-16-17(23)27-15(28-18(16)30)4-3-7-29(2)20(33)11-5-6-14(22)25-9-11/h5-6,9-10,12-13,21,31H,7-8H2,1-2H3,(H,24,32)(H2,23,27,28)/t12?,13-,21?/m0/s1. The van der Waals surface area contributed by atoms with Crippen LogP contribution in [0.1, 0.15) is 28.8 Å². The van der Waals surface area contributed by atoms with Gasteiger partial charge in [-0.15, -0.1) is 0 Å². The molecule has 1 aliphatic rings. The summed E-state index contributed by atoms with van der Waals surface area (Å²) in [5, 5.41) is 12.9. The highest BCUT2D eigenvalue weighted by molar-refractivity contribution is 5.93. The topological polar surface area (TPSA) is 161 Å². The van der Waals surface area contributed by atoms with Crippen LogP contribution in [-0.4, -0.2) is 79.2 Å². The fraction of sp³-hybridized carbons (Fsp3) is 0.333. The number of nitrogens with two attached hydrogens (primary N) is 1. The lowest BCUT2D eigenvalue weighted by Gasteiger charge is -2.16. The van der Waals surface area contributed by atoms with Crippen molar-refractivity contribution in [3.63, 3.8) is 0 Å². The third-order valence-electron chi connectivity index (χ3n) is 5.19. The van der Waals surface area contributed by atoms with E-state index in [1.54, 1.807) is 0 Å². The number of fused-ring (bicyclic) bond motifs is 1. The molecule has 0 spiro atoms. The number of nitrogens with zero attached hydrogens (tertiary/aromatic N) is 6. The number of amides is 2. The fourth-order valence-electron chi connectivity index (χ4n) is 3.44. The van der Waals surface area contributed by atoms with Crippen molar-refractivity contribution in [2.75, 3.05) is 26.4 Å². The molecule has 4 N–H and O–H groups in total. The Balaban J connectivity index is 1.54. The molecular formula is C21H21FN8O4. The summed E-state index contributed by atoms with van der Waals surface area (Å²) in [6, 6.07) is 2.44. The number of halogens is 1. The van der Waals surface area contributed by atoms with Crippen molar-refractivity contribution in [3.8, 4) is 11.8 Å². The monoisotopic (exact) mass is 468 g/mol. The Bertz CT molecular complexity index is 1300. The van der Waals surface area contributed by atoms with Crippen LogP contribution in [0.25, 0.3) is 11.2 Å². The number of nitrogen functional groups attached to an aromatic ring is 1. The van der Waals surface area contributed by atoms with Gasteiger partial charge in [0.25, 0.3) is 5.91 Å². The average molecular weight is 468 g/mol. The number of imidazole rings is 1. The maximum absolute atomic E-state index is 13.0. The number of rotatable bonds is 4. The summed E-state index contributed by atoms with van der Waals surface area (Å²) in [5.74, 6) is 4.29. The quantitative estimate of drug-likeness (QED) is 0.337. The van der Waals surface area contributed by atoms with E-state index in [4.69, 9.17) is 10.5 Å². The minimum absolute atomic E-state index is 0.0367. The van der Waals surface area contributed by atoms with Gasteiger partial charge in [-0.05, 0) is 18.1 Å². The summed E-state index contributed by atoms with van der Waals surface area (Å²) in [5.41, 5.74) is 6.80. The van der Waals surface area contributed by atoms with Crippen LogP contribution in [0.3, 0.4) is 0 Å². The van der Waals surface area contributed by atoms with E-state index < -0.39 is 24.4 Å². The number of aromatic nitrogens is 5. The summed E-state index contributed by atoms with van der Waals surface area (Å²) in [6.07, 6.45) is -0.0154. The van der Waals surface area contributed by atoms with Gasteiger partial charge in [0.2, 0.25) is 17.7 Å². The Hall–Kier alpha value is -4.15. The summed E-state index contributed by atoms with van der Waals surface area (Å²) < 4.78 is 20.1. The largest absolute Gasteiger partial charge is 0.388 e. The lowest BCUT2D eigenvalue weighted by Crippen LogP contribution is -2.31. The first kappa shape index (κ1) is 23.0. The molecule has 1 fully saturated rings. The van der Waals surface area contributed by atoms with Crippen LogP contribution < -0.4 is 11.1 Å². The third-order valence-corrected chi connectivity index (χ3v) is 5.19. The third kappa shape index (κ3) is 4.49. The Labute approximate surface area is 193 Å². The molecular weight excluding hydrogens is 447 g/mol. The first-order valence-electron chi connectivity index (χ1n) is 10.2. The van der Waals surface area contributed by atoms with Gasteiger partial charge in [0.05, 0.1) is 18.4 Å². The second-order valence-corrected chi connectivity index (χ2v) is 7.52. The van der Waals surface area contributed by atoms with E-state index in [0.717, 1.165) is 12.3 Å². The number of likely N-dealkylation sites (N-methyl/N-ethyl adjacent to an activating group) is 1. The van der Waals surface area contributed by atoms with E-state index in [1.807, 2.05) is 0 Å². The molecule has 3 aromatic heterocycles. The normalized spacial score (nSPS) is 19.5. The molecule has 0 aliphatic carbocycles. The van der Waals surface area contributed by atoms with Crippen LogP contribution in [0.4, 0.5) is 10.2 Å². The van der Waals surface area contributed by atoms with Crippen molar-refractivity contribution < 1.29 is 23.8 Å². The number of carbonyl (C=O) groups excluding carboxylic acids is 2. The number of anilines is 1. The van der Waals surface area contributed by atoms with E-state index in [-0.39, 0.29) is 47.6 Å². The minimum atomic E-state index is -0.967. The van der Waals surface area contributed by atoms with Crippen LogP contribution >= 0.6 is 0 Å². The molecule has 2 amide bonds. The lowest BCUT2D eigenvalue weighted by atomic mass is 10.2. The Kier molecular flexibility index (Phi) is 6.35. The van der Waals surface area contributed by atoms with Gasteiger partial charge < -0.3 is 25.8 Å². The Morgan fingerprint density at radius 2 is 2.18 bits per heavy atom. The highest BCUT2D eigenvalue weighted by Gasteiger charge is 2.39. The number of aliphatic hydroxyl groups is 1. The number of pyridine rings is 1. The molecule has 1 aliphatic heterocycles. The van der Waals surface area contributed by atoms with Gasteiger partial charge in [-0.25, -0.2) is 19.9 Å². The molecule has 3 atom stereocenters. The summed E-state index contributed by atoms with van der Waals surface area (Å²) in [7, 11) is 3.02. The van der Waals surface area contributed by atoms with E-state index in [9.17, 15) is 19.1 Å². The molecule has 1 saturated heterocycles. The molecule has 0 bridgehead atoms. The molecule has 0 aromatic carbocycles. The van der Waals surface area contributed by atoms with Crippen LogP contribution in [0.15, 0.2) is 24.7 Å². The van der Waals surface area contributed by atoms with Crippen molar-refractivity contribution >= 4 is 28.8 Å². The Morgan fingerprint density at radius 3 is 2.88 bits per heavy atom. The van der Waals surface area contributed by atoms with Gasteiger partial charge in [0.1, 0.15) is 17.7 Å². The zero-order chi connectivity index (χ0) is 24.4. The van der Waals surface area contributed by atoms with E-state index in [0.29, 0.717) is 5.52 Å². The number of nitrogens with one attached hydrogen (secondary N) is 1. The van der Waals surface area contributed by atoms with Gasteiger partial charge in [0, 0.05) is 26.7 Å². The zero-order valence-electron chi connectivity index (χ0n) is 18.3. The van der Waals surface area contributed by atoms with E-state index in [2.05, 4.69) is 37.1 Å². The first-order chi connectivity index (χ1) is 16.3. The second-order valence-electron chi connectivity index (χ2n) is 7.52. The maximum atomic E-state index is 13.0. The summed E-state index contributed by atoms with van der Waals surface area (Å²) in [6.45, 7) is 0.0367. The average Bonchev–Trinajstić information content (AvgIpc) is 3.42. The van der Waals surface area contributed by atoms with E-state index in [1.165, 1.54) is 36.0 Å². The lowest BCUT2D eigenvalue weighted by molar-refractivity contribution is -0.134. The smallest absolute Gasteiger partial charge is 0.255 e. The molecule has 12 nitrogen and oxygen atoms in total. The van der Waals surface area contributed by atoms with Crippen molar-refractivity contribution in [3.05, 3.63) is 42.0 Å². The molecule has 4 rings (SSSR count). The highest BCUT2D eigenvalue weighted by atomic mass is 19.1. The van der Waals surface area contributed by atoms with Gasteiger partial charge in [-0.1, -0.05) is 5.92 Å². The van der Waals surface area contributed by atoms with Crippen molar-refractivity contribution in [2.24, 2.45) is 0 Å². The zero-order valence-corrected chi connectivity index (χ0v) is 18.3. The number of carbonyl (C=O) groups is 2. The maximum Gasteiger partial charge on any atom is 0.255 e. The fourth-order valence-corrected chi connectivity index (χ4v) is 3.44. The van der Waals surface area contributed by atoms with Gasteiger partial charge in [-0.3, -0.25) is 14.2 Å². The van der Waals surface area contributed by atoms with Crippen LogP contribution in [0, 0.1) is 17.8 Å². The van der Waals surface area contributed by atoms with Gasteiger partial charge in [0.15, 0.2) is 17.7 Å². The summed E-state index contributed by atoms with van der Waals surface area (Å²) in [4.78, 5) is 41.7. The SMILES string of the molecule is CNC(=O)[C@@H]1CC(O)C(n2cnc3c(N)nc(C#CCN(C)C(=O)c4ccc(F)nc4)nc32)O1. The number of hydrogen-bond acceptors (Lipinski definition) is 9. The van der Waals surface area contributed by atoms with Crippen molar-refractivity contribution in [1.82, 2.24) is 34.7 Å². The predicted octanol–water partition coefficient (Wildman–Crippen LogP) is -0.539. The Morgan fingerprint density at radius 1 is 1.38 bits per heavy atom. The molecule has 0 radical (unpaired) electrons. The molecule has 4 heterocycles. The number of ether oxygens (including phenoxy) is 1. The van der Waals surface area contributed by atoms with Crippen LogP contribution in [0.5, 0.6) is 0 Å². The molecule has 2 unspecified atom stereocenters. The van der Waals surface area contributed by atoms with Gasteiger partial charge >= 0.3 is 0 Å². The predicted molar refractivity (Wildman–Crippen MR) is 116 cm³/mol. The van der Waals surface area contributed by atoms with Crippen LogP contribution in [-0.2, 0) is 9.53 Å². The number of hydrogen-bond donors (Lipinski definition) is 3. The van der Waals surface area contributed by atoms with Crippen LogP contribution in [0.2, 0.25) is 0 Å².